The van der Waals surface area contributed by atoms with E-state index in [0.29, 0.717) is 11.4 Å². The van der Waals surface area contributed by atoms with Crippen molar-refractivity contribution in [2.45, 2.75) is 26.7 Å². The highest BCUT2D eigenvalue weighted by Gasteiger charge is 2.22. The molecule has 1 saturated heterocycles. The number of para-hydroxylation sites is 1. The molecule has 0 aliphatic carbocycles. The molecule has 0 spiro atoms. The monoisotopic (exact) mass is 401 g/mol. The predicted octanol–water partition coefficient (Wildman–Crippen LogP) is 3.31. The van der Waals surface area contributed by atoms with Crippen LogP contribution >= 0.6 is 0 Å². The maximum Gasteiger partial charge on any atom is 0.245 e. The van der Waals surface area contributed by atoms with Crippen LogP contribution in [0.15, 0.2) is 42.5 Å². The number of rotatable bonds is 6. The maximum absolute atomic E-state index is 12.6. The summed E-state index contributed by atoms with van der Waals surface area (Å²) in [5.41, 5.74) is 4.13. The Kier molecular flexibility index (Phi) is 5.93. The Morgan fingerprint density at radius 3 is 2.36 bits per heavy atom. The second-order valence-electron chi connectivity index (χ2n) is 7.30. The Bertz CT molecular complexity index is 967. The first-order valence-electron chi connectivity index (χ1n) is 9.44. The first kappa shape index (κ1) is 20.2. The van der Waals surface area contributed by atoms with Gasteiger partial charge in [-0.1, -0.05) is 18.2 Å². The van der Waals surface area contributed by atoms with Crippen molar-refractivity contribution in [3.8, 4) is 0 Å². The van der Waals surface area contributed by atoms with E-state index in [1.165, 1.54) is 12.8 Å². The van der Waals surface area contributed by atoms with Crippen LogP contribution in [-0.2, 0) is 14.8 Å². The van der Waals surface area contributed by atoms with Crippen molar-refractivity contribution in [3.63, 3.8) is 0 Å². The standard InChI is InChI=1S/C21H27N3O3S/c1-16-8-4-5-9-20(16)24(28(3,26)27)15-21(25)22-19-11-10-18(14-17(19)2)23-12-6-7-13-23/h4-5,8-11,14H,6-7,12-13,15H2,1-3H3,(H,22,25). The van der Waals surface area contributed by atoms with E-state index in [9.17, 15) is 13.2 Å². The van der Waals surface area contributed by atoms with E-state index in [-0.39, 0.29) is 12.5 Å². The summed E-state index contributed by atoms with van der Waals surface area (Å²) in [5.74, 6) is -0.370. The lowest BCUT2D eigenvalue weighted by molar-refractivity contribution is -0.114. The van der Waals surface area contributed by atoms with E-state index < -0.39 is 10.0 Å². The number of sulfonamides is 1. The van der Waals surface area contributed by atoms with Gasteiger partial charge in [-0.25, -0.2) is 8.42 Å². The molecule has 2 aromatic carbocycles. The van der Waals surface area contributed by atoms with Crippen LogP contribution in [0.2, 0.25) is 0 Å². The number of hydrogen-bond acceptors (Lipinski definition) is 4. The average molecular weight is 402 g/mol. The number of benzene rings is 2. The third kappa shape index (κ3) is 4.65. The summed E-state index contributed by atoms with van der Waals surface area (Å²) in [7, 11) is -3.59. The number of nitrogens with zero attached hydrogens (tertiary/aromatic N) is 2. The molecule has 6 nitrogen and oxygen atoms in total. The maximum atomic E-state index is 12.6. The van der Waals surface area contributed by atoms with Crippen LogP contribution in [0, 0.1) is 13.8 Å². The van der Waals surface area contributed by atoms with E-state index >= 15 is 0 Å². The van der Waals surface area contributed by atoms with Gasteiger partial charge in [0.1, 0.15) is 6.54 Å². The molecule has 1 amide bonds. The van der Waals surface area contributed by atoms with Gasteiger partial charge >= 0.3 is 0 Å². The molecule has 7 heteroatoms. The Hall–Kier alpha value is -2.54. The highest BCUT2D eigenvalue weighted by molar-refractivity contribution is 7.92. The molecule has 0 aromatic heterocycles. The Morgan fingerprint density at radius 1 is 1.07 bits per heavy atom. The van der Waals surface area contributed by atoms with Crippen molar-refractivity contribution in [3.05, 3.63) is 53.6 Å². The van der Waals surface area contributed by atoms with Gasteiger partial charge in [0.25, 0.3) is 0 Å². The zero-order valence-corrected chi connectivity index (χ0v) is 17.4. The number of hydrogen-bond donors (Lipinski definition) is 1. The molecule has 0 bridgehead atoms. The second kappa shape index (κ2) is 8.22. The van der Waals surface area contributed by atoms with E-state index in [4.69, 9.17) is 0 Å². The topological polar surface area (TPSA) is 69.7 Å². The number of nitrogens with one attached hydrogen (secondary N) is 1. The van der Waals surface area contributed by atoms with E-state index in [2.05, 4.69) is 16.3 Å². The largest absolute Gasteiger partial charge is 0.372 e. The van der Waals surface area contributed by atoms with E-state index in [1.54, 1.807) is 12.1 Å². The zero-order valence-electron chi connectivity index (χ0n) is 16.6. The van der Waals surface area contributed by atoms with Crippen LogP contribution in [0.25, 0.3) is 0 Å². The number of carbonyl (C=O) groups excluding carboxylic acids is 1. The molecule has 1 heterocycles. The van der Waals surface area contributed by atoms with Gasteiger partial charge in [0.2, 0.25) is 15.9 Å². The summed E-state index contributed by atoms with van der Waals surface area (Å²) in [6, 6.07) is 13.1. The molecule has 0 unspecified atom stereocenters. The molecule has 0 atom stereocenters. The molecule has 2 aromatic rings. The highest BCUT2D eigenvalue weighted by Crippen LogP contribution is 2.26. The molecule has 0 saturated carbocycles. The van der Waals surface area contributed by atoms with Gasteiger partial charge in [-0.15, -0.1) is 0 Å². The first-order valence-corrected chi connectivity index (χ1v) is 11.3. The summed E-state index contributed by atoms with van der Waals surface area (Å²) in [6.07, 6.45) is 3.53. The van der Waals surface area contributed by atoms with Gasteiger partial charge < -0.3 is 10.2 Å². The molecular weight excluding hydrogens is 374 g/mol. The zero-order chi connectivity index (χ0) is 20.3. The fourth-order valence-electron chi connectivity index (χ4n) is 3.50. The Balaban J connectivity index is 1.75. The van der Waals surface area contributed by atoms with Crippen LogP contribution in [-0.4, -0.2) is 40.2 Å². The lowest BCUT2D eigenvalue weighted by Crippen LogP contribution is -2.38. The van der Waals surface area contributed by atoms with Crippen molar-refractivity contribution in [2.24, 2.45) is 0 Å². The molecule has 1 fully saturated rings. The highest BCUT2D eigenvalue weighted by atomic mass is 32.2. The first-order chi connectivity index (χ1) is 13.3. The number of aryl methyl sites for hydroxylation is 2. The summed E-state index contributed by atoms with van der Waals surface area (Å²) >= 11 is 0. The summed E-state index contributed by atoms with van der Waals surface area (Å²) in [6.45, 7) is 5.63. The van der Waals surface area contributed by atoms with E-state index in [0.717, 1.165) is 40.5 Å². The predicted molar refractivity (Wildman–Crippen MR) is 115 cm³/mol. The van der Waals surface area contributed by atoms with Crippen molar-refractivity contribution in [1.29, 1.82) is 0 Å². The fourth-order valence-corrected chi connectivity index (χ4v) is 4.42. The van der Waals surface area contributed by atoms with Gasteiger partial charge in [0, 0.05) is 24.5 Å². The van der Waals surface area contributed by atoms with Gasteiger partial charge in [-0.3, -0.25) is 9.10 Å². The van der Waals surface area contributed by atoms with Crippen LogP contribution in [0.5, 0.6) is 0 Å². The normalized spacial score (nSPS) is 14.2. The molecule has 0 radical (unpaired) electrons. The fraction of sp³-hybridized carbons (Fsp3) is 0.381. The SMILES string of the molecule is Cc1cc(N2CCCC2)ccc1NC(=O)CN(c1ccccc1C)S(C)(=O)=O. The van der Waals surface area contributed by atoms with Gasteiger partial charge in [-0.2, -0.15) is 0 Å². The molecule has 1 aliphatic rings. The molecule has 28 heavy (non-hydrogen) atoms. The van der Waals surface area contributed by atoms with Crippen LogP contribution in [0.3, 0.4) is 0 Å². The van der Waals surface area contributed by atoms with Crippen molar-refractivity contribution >= 4 is 33.0 Å². The third-order valence-corrected chi connectivity index (χ3v) is 6.15. The molecular formula is C21H27N3O3S. The van der Waals surface area contributed by atoms with Crippen molar-refractivity contribution in [1.82, 2.24) is 0 Å². The summed E-state index contributed by atoms with van der Waals surface area (Å²) in [4.78, 5) is 15.0. The van der Waals surface area contributed by atoms with Gasteiger partial charge in [-0.05, 0) is 62.1 Å². The van der Waals surface area contributed by atoms with Gasteiger partial charge in [0.05, 0.1) is 11.9 Å². The minimum Gasteiger partial charge on any atom is -0.372 e. The number of anilines is 3. The van der Waals surface area contributed by atoms with Crippen molar-refractivity contribution in [2.75, 3.05) is 40.4 Å². The van der Waals surface area contributed by atoms with Crippen LogP contribution in [0.1, 0.15) is 24.0 Å². The summed E-state index contributed by atoms with van der Waals surface area (Å²) in [5, 5.41) is 2.86. The minimum absolute atomic E-state index is 0.267. The Labute approximate surface area is 167 Å². The number of carbonyl (C=O) groups is 1. The second-order valence-corrected chi connectivity index (χ2v) is 9.20. The quantitative estimate of drug-likeness (QED) is 0.806. The number of amides is 1. The smallest absolute Gasteiger partial charge is 0.245 e. The van der Waals surface area contributed by atoms with Crippen LogP contribution < -0.4 is 14.5 Å². The van der Waals surface area contributed by atoms with Gasteiger partial charge in [0.15, 0.2) is 0 Å². The minimum atomic E-state index is -3.59. The molecule has 1 aliphatic heterocycles. The Morgan fingerprint density at radius 2 is 1.75 bits per heavy atom. The molecule has 3 rings (SSSR count). The van der Waals surface area contributed by atoms with Crippen molar-refractivity contribution < 1.29 is 13.2 Å². The van der Waals surface area contributed by atoms with Crippen LogP contribution in [0.4, 0.5) is 17.1 Å². The molecule has 1 N–H and O–H groups in total. The lowest BCUT2D eigenvalue weighted by Gasteiger charge is -2.24. The average Bonchev–Trinajstić information content (AvgIpc) is 3.16. The molecule has 150 valence electrons. The third-order valence-electron chi connectivity index (χ3n) is 5.03. The van der Waals surface area contributed by atoms with E-state index in [1.807, 2.05) is 38.1 Å². The lowest BCUT2D eigenvalue weighted by atomic mass is 10.1. The summed E-state index contributed by atoms with van der Waals surface area (Å²) < 4.78 is 25.7.